The molecule has 0 unspecified atom stereocenters. The number of aryl methyl sites for hydroxylation is 1. The fourth-order valence-corrected chi connectivity index (χ4v) is 3.72. The molecular weight excluding hydrogens is 342 g/mol. The number of benzene rings is 1. The number of aromatic nitrogens is 3. The molecule has 0 bridgehead atoms. The minimum Gasteiger partial charge on any atom is -0.494 e. The molecular formula is C21H25N3O3. The van der Waals surface area contributed by atoms with Crippen molar-refractivity contribution in [1.82, 2.24) is 14.0 Å². The molecule has 142 valence electrons. The van der Waals surface area contributed by atoms with E-state index < -0.39 is 0 Å². The predicted molar refractivity (Wildman–Crippen MR) is 104 cm³/mol. The first-order valence-corrected chi connectivity index (χ1v) is 9.54. The summed E-state index contributed by atoms with van der Waals surface area (Å²) in [6.07, 6.45) is 5.64. The van der Waals surface area contributed by atoms with Gasteiger partial charge in [-0.3, -0.25) is 9.20 Å². The van der Waals surface area contributed by atoms with Crippen molar-refractivity contribution in [2.75, 3.05) is 19.8 Å². The highest BCUT2D eigenvalue weighted by Gasteiger charge is 2.22. The molecule has 0 amide bonds. The third-order valence-electron chi connectivity index (χ3n) is 5.19. The number of hydrogen-bond donors (Lipinski definition) is 0. The Morgan fingerprint density at radius 1 is 1.22 bits per heavy atom. The third-order valence-corrected chi connectivity index (χ3v) is 5.19. The molecule has 6 nitrogen and oxygen atoms in total. The smallest absolute Gasteiger partial charge is 0.276 e. The van der Waals surface area contributed by atoms with Gasteiger partial charge in [-0.15, -0.1) is 0 Å². The van der Waals surface area contributed by atoms with E-state index in [-0.39, 0.29) is 5.56 Å². The van der Waals surface area contributed by atoms with Gasteiger partial charge in [0, 0.05) is 31.0 Å². The highest BCUT2D eigenvalue weighted by molar-refractivity contribution is 5.45. The summed E-state index contributed by atoms with van der Waals surface area (Å²) in [4.78, 5) is 17.7. The van der Waals surface area contributed by atoms with Crippen LogP contribution >= 0.6 is 0 Å². The van der Waals surface area contributed by atoms with Gasteiger partial charge >= 0.3 is 0 Å². The highest BCUT2D eigenvalue weighted by atomic mass is 16.5. The van der Waals surface area contributed by atoms with Crippen molar-refractivity contribution >= 4 is 5.52 Å². The van der Waals surface area contributed by atoms with E-state index in [0.29, 0.717) is 24.6 Å². The van der Waals surface area contributed by atoms with Crippen LogP contribution in [0.2, 0.25) is 0 Å². The zero-order valence-electron chi connectivity index (χ0n) is 15.9. The zero-order chi connectivity index (χ0) is 18.8. The maximum absolute atomic E-state index is 13.1. The van der Waals surface area contributed by atoms with Gasteiger partial charge in [-0.2, -0.15) is 0 Å². The van der Waals surface area contributed by atoms with Crippen molar-refractivity contribution in [2.24, 2.45) is 0 Å². The van der Waals surface area contributed by atoms with E-state index in [4.69, 9.17) is 9.47 Å². The lowest BCUT2D eigenvalue weighted by Crippen LogP contribution is -2.25. The number of rotatable bonds is 5. The number of fused-ring (bicyclic) bond motifs is 1. The second-order valence-electron chi connectivity index (χ2n) is 7.00. The van der Waals surface area contributed by atoms with Crippen molar-refractivity contribution < 1.29 is 9.47 Å². The lowest BCUT2D eigenvalue weighted by atomic mass is 10.00. The van der Waals surface area contributed by atoms with Crippen LogP contribution < -0.4 is 10.3 Å². The molecule has 1 aromatic carbocycles. The number of imidazole rings is 1. The molecule has 0 N–H and O–H groups in total. The number of nitrogens with zero attached hydrogens (tertiary/aromatic N) is 3. The minimum absolute atomic E-state index is 0.00491. The van der Waals surface area contributed by atoms with E-state index >= 15 is 0 Å². The number of ether oxygens (including phenoxy) is 2. The van der Waals surface area contributed by atoms with Crippen LogP contribution in [0.25, 0.3) is 5.52 Å². The van der Waals surface area contributed by atoms with Crippen molar-refractivity contribution in [2.45, 2.75) is 39.2 Å². The minimum atomic E-state index is -0.00491. The SMILES string of the molecule is CCOc1ccc(Cn2c(C)cn3c(C4CCOCC4)ncc3c2=O)cc1. The average molecular weight is 367 g/mol. The van der Waals surface area contributed by atoms with Crippen LogP contribution in [0.1, 0.15) is 42.8 Å². The second-order valence-corrected chi connectivity index (χ2v) is 7.00. The summed E-state index contributed by atoms with van der Waals surface area (Å²) in [5.74, 6) is 2.17. The van der Waals surface area contributed by atoms with Gasteiger partial charge in [-0.25, -0.2) is 4.98 Å². The van der Waals surface area contributed by atoms with Crippen LogP contribution in [0.5, 0.6) is 5.75 Å². The first-order chi connectivity index (χ1) is 13.2. The van der Waals surface area contributed by atoms with Gasteiger partial charge in [0.25, 0.3) is 5.56 Å². The normalized spacial score (nSPS) is 15.3. The van der Waals surface area contributed by atoms with Gasteiger partial charge in [0.15, 0.2) is 0 Å². The molecule has 1 fully saturated rings. The van der Waals surface area contributed by atoms with E-state index in [9.17, 15) is 4.79 Å². The Bertz CT molecular complexity index is 982. The summed E-state index contributed by atoms with van der Waals surface area (Å²) >= 11 is 0. The summed E-state index contributed by atoms with van der Waals surface area (Å²) in [5.41, 5.74) is 2.62. The Balaban J connectivity index is 1.66. The maximum atomic E-state index is 13.1. The fraction of sp³-hybridized carbons (Fsp3) is 0.429. The summed E-state index contributed by atoms with van der Waals surface area (Å²) in [6.45, 7) is 6.63. The van der Waals surface area contributed by atoms with Crippen LogP contribution in [0.4, 0.5) is 0 Å². The summed E-state index contributed by atoms with van der Waals surface area (Å²) < 4.78 is 14.7. The van der Waals surface area contributed by atoms with Crippen molar-refractivity contribution in [3.63, 3.8) is 0 Å². The largest absolute Gasteiger partial charge is 0.494 e. The number of hydrogen-bond acceptors (Lipinski definition) is 4. The molecule has 0 saturated carbocycles. The molecule has 0 aliphatic carbocycles. The van der Waals surface area contributed by atoms with E-state index in [0.717, 1.165) is 48.9 Å². The van der Waals surface area contributed by atoms with Crippen molar-refractivity contribution in [3.05, 3.63) is 64.1 Å². The van der Waals surface area contributed by atoms with Crippen molar-refractivity contribution in [1.29, 1.82) is 0 Å². The van der Waals surface area contributed by atoms with Crippen molar-refractivity contribution in [3.8, 4) is 5.75 Å². The van der Waals surface area contributed by atoms with Crippen LogP contribution in [0.15, 0.2) is 41.5 Å². The molecule has 0 spiro atoms. The first kappa shape index (κ1) is 17.8. The lowest BCUT2D eigenvalue weighted by Gasteiger charge is -2.21. The second kappa shape index (κ2) is 7.56. The van der Waals surface area contributed by atoms with Gasteiger partial charge in [0.2, 0.25) is 0 Å². The summed E-state index contributed by atoms with van der Waals surface area (Å²) in [6, 6.07) is 7.90. The molecule has 1 saturated heterocycles. The quantitative estimate of drug-likeness (QED) is 0.695. The van der Waals surface area contributed by atoms with Crippen LogP contribution in [-0.4, -0.2) is 33.8 Å². The summed E-state index contributed by atoms with van der Waals surface area (Å²) in [5, 5.41) is 0. The molecule has 4 rings (SSSR count). The Morgan fingerprint density at radius 3 is 2.67 bits per heavy atom. The summed E-state index contributed by atoms with van der Waals surface area (Å²) in [7, 11) is 0. The average Bonchev–Trinajstić information content (AvgIpc) is 3.11. The van der Waals surface area contributed by atoms with Gasteiger partial charge in [0.05, 0.1) is 19.3 Å². The maximum Gasteiger partial charge on any atom is 0.276 e. The molecule has 0 atom stereocenters. The molecule has 27 heavy (non-hydrogen) atoms. The van der Waals surface area contributed by atoms with Gasteiger partial charge in [-0.05, 0) is 44.4 Å². The third kappa shape index (κ3) is 3.49. The van der Waals surface area contributed by atoms with Gasteiger partial charge in [-0.1, -0.05) is 12.1 Å². The van der Waals surface area contributed by atoms with Crippen LogP contribution in [-0.2, 0) is 11.3 Å². The standard InChI is InChI=1S/C21H25N3O3/c1-3-27-18-6-4-16(5-7-18)14-23-15(2)13-24-19(21(23)25)12-22-20(24)17-8-10-26-11-9-17/h4-7,12-13,17H,3,8-11,14H2,1-2H3. The Morgan fingerprint density at radius 2 is 1.96 bits per heavy atom. The fourth-order valence-electron chi connectivity index (χ4n) is 3.72. The molecule has 1 aliphatic heterocycles. The Labute approximate surface area is 158 Å². The van der Waals surface area contributed by atoms with E-state index in [1.165, 1.54) is 0 Å². The predicted octanol–water partition coefficient (Wildman–Crippen LogP) is 3.15. The van der Waals surface area contributed by atoms with E-state index in [1.807, 2.05) is 48.7 Å². The molecule has 3 aromatic rings. The lowest BCUT2D eigenvalue weighted by molar-refractivity contribution is 0.0835. The van der Waals surface area contributed by atoms with Gasteiger partial charge < -0.3 is 14.0 Å². The Hall–Kier alpha value is -2.60. The molecule has 2 aromatic heterocycles. The first-order valence-electron chi connectivity index (χ1n) is 9.54. The zero-order valence-corrected chi connectivity index (χ0v) is 15.9. The highest BCUT2D eigenvalue weighted by Crippen LogP contribution is 2.26. The molecule has 0 radical (unpaired) electrons. The molecule has 3 heterocycles. The van der Waals surface area contributed by atoms with E-state index in [2.05, 4.69) is 4.98 Å². The van der Waals surface area contributed by atoms with Crippen LogP contribution in [0.3, 0.4) is 0 Å². The molecule has 6 heteroatoms. The molecule has 1 aliphatic rings. The van der Waals surface area contributed by atoms with Crippen LogP contribution in [0, 0.1) is 6.92 Å². The monoisotopic (exact) mass is 367 g/mol. The Kier molecular flexibility index (Phi) is 4.99. The van der Waals surface area contributed by atoms with E-state index in [1.54, 1.807) is 10.8 Å². The van der Waals surface area contributed by atoms with Gasteiger partial charge in [0.1, 0.15) is 17.1 Å². The topological polar surface area (TPSA) is 57.8 Å².